The van der Waals surface area contributed by atoms with Crippen LogP contribution in [0.4, 0.5) is 11.4 Å². The van der Waals surface area contributed by atoms with Gasteiger partial charge in [-0.1, -0.05) is 25.5 Å². The number of para-hydroxylation sites is 2. The Hall–Kier alpha value is -1.60. The lowest BCUT2D eigenvalue weighted by Gasteiger charge is -2.57. The third kappa shape index (κ3) is 4.95. The highest BCUT2D eigenvalue weighted by Gasteiger charge is 2.51. The largest absolute Gasteiger partial charge is 0.378 e. The maximum atomic E-state index is 13.1. The van der Waals surface area contributed by atoms with Gasteiger partial charge in [0.15, 0.2) is 0 Å². The molecule has 0 spiro atoms. The summed E-state index contributed by atoms with van der Waals surface area (Å²) in [7, 11) is -3.19. The van der Waals surface area contributed by atoms with Crippen molar-refractivity contribution in [3.05, 3.63) is 24.3 Å². The number of nitrogens with one attached hydrogen (secondary N) is 2. The first kappa shape index (κ1) is 23.2. The maximum Gasteiger partial charge on any atom is 0.227 e. The number of rotatable bonds is 8. The summed E-state index contributed by atoms with van der Waals surface area (Å²) < 4.78 is 26.5. The number of hydrogen-bond donors (Lipinski definition) is 2. The summed E-state index contributed by atoms with van der Waals surface area (Å²) in [5, 5.41) is 7.09. The number of sulfonamides is 1. The van der Waals surface area contributed by atoms with Gasteiger partial charge in [-0.25, -0.2) is 12.7 Å². The number of piperidine rings is 1. The zero-order chi connectivity index (χ0) is 23.1. The van der Waals surface area contributed by atoms with Gasteiger partial charge in [0.25, 0.3) is 0 Å². The number of nitrogens with zero attached hydrogens (tertiary/aromatic N) is 1. The van der Waals surface area contributed by atoms with Crippen molar-refractivity contribution in [1.82, 2.24) is 4.31 Å². The van der Waals surface area contributed by atoms with Gasteiger partial charge >= 0.3 is 0 Å². The highest BCUT2D eigenvalue weighted by atomic mass is 32.2. The highest BCUT2D eigenvalue weighted by Crippen LogP contribution is 2.56. The molecule has 0 aromatic heterocycles. The molecule has 2 N–H and O–H groups in total. The molecule has 1 saturated heterocycles. The molecule has 0 unspecified atom stereocenters. The molecule has 0 atom stereocenters. The second-order valence-corrected chi connectivity index (χ2v) is 13.3. The summed E-state index contributed by atoms with van der Waals surface area (Å²) in [5.41, 5.74) is 2.08. The van der Waals surface area contributed by atoms with Crippen molar-refractivity contribution in [3.8, 4) is 0 Å². The van der Waals surface area contributed by atoms with Crippen LogP contribution in [0, 0.1) is 23.7 Å². The maximum absolute atomic E-state index is 13.1. The number of benzene rings is 1. The van der Waals surface area contributed by atoms with E-state index in [9.17, 15) is 13.2 Å². The van der Waals surface area contributed by atoms with E-state index in [0.717, 1.165) is 35.5 Å². The van der Waals surface area contributed by atoms with Crippen LogP contribution in [0.3, 0.4) is 0 Å². The van der Waals surface area contributed by atoms with Gasteiger partial charge in [0.2, 0.25) is 15.9 Å². The lowest BCUT2D eigenvalue weighted by molar-refractivity contribution is -0.120. The van der Waals surface area contributed by atoms with Crippen molar-refractivity contribution in [2.24, 2.45) is 23.7 Å². The quantitative estimate of drug-likeness (QED) is 0.566. The van der Waals surface area contributed by atoms with Crippen LogP contribution in [-0.2, 0) is 14.8 Å². The van der Waals surface area contributed by atoms with Crippen molar-refractivity contribution in [1.29, 1.82) is 0 Å². The van der Waals surface area contributed by atoms with Crippen LogP contribution in [-0.4, -0.2) is 43.0 Å². The van der Waals surface area contributed by atoms with E-state index in [-0.39, 0.29) is 23.1 Å². The number of hydrogen-bond acceptors (Lipinski definition) is 4. The normalized spacial score (nSPS) is 32.1. The highest BCUT2D eigenvalue weighted by molar-refractivity contribution is 7.89. The summed E-state index contributed by atoms with van der Waals surface area (Å²) in [6, 6.07) is 8.10. The third-order valence-electron chi connectivity index (χ3n) is 8.60. The van der Waals surface area contributed by atoms with Crippen LogP contribution in [0.1, 0.15) is 71.1 Å². The van der Waals surface area contributed by atoms with Gasteiger partial charge in [-0.15, -0.1) is 0 Å². The van der Waals surface area contributed by atoms with Gasteiger partial charge in [-0.2, -0.15) is 0 Å². The van der Waals surface area contributed by atoms with Gasteiger partial charge in [-0.3, -0.25) is 4.79 Å². The van der Waals surface area contributed by atoms with Crippen LogP contribution in [0.2, 0.25) is 0 Å². The Morgan fingerprint density at radius 2 is 1.58 bits per heavy atom. The summed E-state index contributed by atoms with van der Waals surface area (Å²) in [6.45, 7) is 2.89. The zero-order valence-corrected chi connectivity index (χ0v) is 20.7. The van der Waals surface area contributed by atoms with Crippen LogP contribution in [0.25, 0.3) is 0 Å². The minimum atomic E-state index is -3.19. The summed E-state index contributed by atoms with van der Waals surface area (Å²) in [6.07, 6.45) is 10.7. The van der Waals surface area contributed by atoms with E-state index in [1.807, 2.05) is 25.1 Å². The average Bonchev–Trinajstić information content (AvgIpc) is 2.78. The topological polar surface area (TPSA) is 78.5 Å². The SMILES string of the molecule is CCCCS(=O)(=O)N1CCC(C(=O)Nc2ccccc2NC23CC4CC(CC(C4)C2)C3)CC1. The standard InChI is InChI=1S/C26H39N3O3S/c1-2-3-12-33(31,32)29-10-8-22(9-11-29)25(30)27-23-6-4-5-7-24(23)28-26-16-19-13-20(17-26)15-21(14-19)18-26/h4-7,19-22,28H,2-3,8-18H2,1H3,(H,27,30). The number of carbonyl (C=O) groups is 1. The first-order chi connectivity index (χ1) is 15.9. The van der Waals surface area contributed by atoms with Gasteiger partial charge in [-0.05, 0) is 87.7 Å². The van der Waals surface area contributed by atoms with Crippen molar-refractivity contribution >= 4 is 27.3 Å². The van der Waals surface area contributed by atoms with Crippen molar-refractivity contribution in [2.75, 3.05) is 29.5 Å². The van der Waals surface area contributed by atoms with Crippen LogP contribution >= 0.6 is 0 Å². The minimum Gasteiger partial charge on any atom is -0.378 e. The molecule has 4 aliphatic carbocycles. The molecule has 1 aromatic carbocycles. The fourth-order valence-electron chi connectivity index (χ4n) is 7.34. The van der Waals surface area contributed by atoms with Crippen LogP contribution in [0.15, 0.2) is 24.3 Å². The Morgan fingerprint density at radius 1 is 1.00 bits per heavy atom. The molecule has 1 heterocycles. The molecule has 7 heteroatoms. The Balaban J connectivity index is 1.21. The van der Waals surface area contributed by atoms with E-state index in [4.69, 9.17) is 0 Å². The Morgan fingerprint density at radius 3 is 2.15 bits per heavy atom. The lowest BCUT2D eigenvalue weighted by Crippen LogP contribution is -2.54. The van der Waals surface area contributed by atoms with Crippen LogP contribution in [0.5, 0.6) is 0 Å². The fourth-order valence-corrected chi connectivity index (χ4v) is 9.02. The number of unbranched alkanes of at least 4 members (excludes halogenated alkanes) is 1. The predicted octanol–water partition coefficient (Wildman–Crippen LogP) is 4.85. The number of anilines is 2. The van der Waals surface area contributed by atoms with Gasteiger partial charge in [0, 0.05) is 24.5 Å². The molecule has 5 aliphatic rings. The molecule has 4 saturated carbocycles. The van der Waals surface area contributed by atoms with E-state index < -0.39 is 10.0 Å². The summed E-state index contributed by atoms with van der Waals surface area (Å²) in [5.74, 6) is 2.68. The van der Waals surface area contributed by atoms with E-state index >= 15 is 0 Å². The smallest absolute Gasteiger partial charge is 0.227 e. The molecule has 0 radical (unpaired) electrons. The Kier molecular flexibility index (Phi) is 6.47. The van der Waals surface area contributed by atoms with Gasteiger partial charge < -0.3 is 10.6 Å². The van der Waals surface area contributed by atoms with Crippen LogP contribution < -0.4 is 10.6 Å². The third-order valence-corrected chi connectivity index (χ3v) is 10.6. The molecule has 5 fully saturated rings. The van der Waals surface area contributed by atoms with Crippen molar-refractivity contribution in [2.45, 2.75) is 76.7 Å². The molecule has 6 nitrogen and oxygen atoms in total. The minimum absolute atomic E-state index is 0.0142. The molecule has 1 aromatic rings. The molecular weight excluding hydrogens is 434 g/mol. The molecular formula is C26H39N3O3S. The van der Waals surface area contributed by atoms with E-state index in [1.165, 1.54) is 38.5 Å². The fraction of sp³-hybridized carbons (Fsp3) is 0.731. The molecule has 1 amide bonds. The average molecular weight is 474 g/mol. The first-order valence-electron chi connectivity index (χ1n) is 13.0. The van der Waals surface area contributed by atoms with Gasteiger partial charge in [0.05, 0.1) is 17.1 Å². The lowest BCUT2D eigenvalue weighted by atomic mass is 9.53. The first-order valence-corrected chi connectivity index (χ1v) is 14.6. The molecule has 4 bridgehead atoms. The van der Waals surface area contributed by atoms with E-state index in [2.05, 4.69) is 16.7 Å². The van der Waals surface area contributed by atoms with E-state index in [0.29, 0.717) is 32.4 Å². The molecule has 33 heavy (non-hydrogen) atoms. The van der Waals surface area contributed by atoms with Crippen molar-refractivity contribution < 1.29 is 13.2 Å². The monoisotopic (exact) mass is 473 g/mol. The Labute approximate surface area is 198 Å². The molecule has 182 valence electrons. The zero-order valence-electron chi connectivity index (χ0n) is 19.9. The van der Waals surface area contributed by atoms with E-state index in [1.54, 1.807) is 4.31 Å². The number of amides is 1. The molecule has 6 rings (SSSR count). The molecule has 1 aliphatic heterocycles. The summed E-state index contributed by atoms with van der Waals surface area (Å²) in [4.78, 5) is 13.1. The summed E-state index contributed by atoms with van der Waals surface area (Å²) >= 11 is 0. The second-order valence-electron chi connectivity index (χ2n) is 11.2. The number of carbonyl (C=O) groups excluding carboxylic acids is 1. The van der Waals surface area contributed by atoms with Gasteiger partial charge in [0.1, 0.15) is 0 Å². The Bertz CT molecular complexity index is 933. The second kappa shape index (κ2) is 9.21. The predicted molar refractivity (Wildman–Crippen MR) is 133 cm³/mol. The van der Waals surface area contributed by atoms with Crippen molar-refractivity contribution in [3.63, 3.8) is 0 Å².